The number of rotatable bonds is 8. The number of carbonyl (C=O) groups is 1. The first-order valence-corrected chi connectivity index (χ1v) is 11.0. The Morgan fingerprint density at radius 1 is 1.40 bits per heavy atom. The summed E-state index contributed by atoms with van der Waals surface area (Å²) in [5.41, 5.74) is 5.62. The van der Waals surface area contributed by atoms with E-state index in [0.29, 0.717) is 51.4 Å². The van der Waals surface area contributed by atoms with E-state index >= 15 is 0 Å². The monoisotopic (exact) mass is 448 g/mol. The first-order valence-electron chi connectivity index (χ1n) is 9.63. The van der Waals surface area contributed by atoms with Crippen molar-refractivity contribution in [3.8, 4) is 0 Å². The van der Waals surface area contributed by atoms with Crippen LogP contribution in [0.1, 0.15) is 30.9 Å². The molecule has 11 heteroatoms. The van der Waals surface area contributed by atoms with Crippen LogP contribution in [-0.4, -0.2) is 43.4 Å². The molecule has 1 aliphatic heterocycles. The minimum absolute atomic E-state index is 0.0911. The molecule has 0 unspecified atom stereocenters. The quantitative estimate of drug-likeness (QED) is 0.504. The molecule has 2 aromatic heterocycles. The number of nitrogens with two attached hydrogens (primary N) is 1. The molecule has 3 N–H and O–H groups in total. The summed E-state index contributed by atoms with van der Waals surface area (Å²) in [7, 11) is 0. The summed E-state index contributed by atoms with van der Waals surface area (Å²) < 4.78 is 7.72. The number of aromatic nitrogens is 5. The molecule has 1 fully saturated rings. The Morgan fingerprint density at radius 3 is 3.03 bits per heavy atom. The number of thioether (sulfide) groups is 1. The topological polar surface area (TPSA) is 129 Å². The highest BCUT2D eigenvalue weighted by Crippen LogP contribution is 2.24. The summed E-state index contributed by atoms with van der Waals surface area (Å²) in [4.78, 5) is 30.8. The molecule has 1 aromatic carbocycles. The maximum absolute atomic E-state index is 12.3. The number of aromatic amines is 1. The molecule has 0 radical (unpaired) electrons. The Morgan fingerprint density at radius 2 is 2.27 bits per heavy atom. The van der Waals surface area contributed by atoms with Gasteiger partial charge < -0.3 is 20.0 Å². The van der Waals surface area contributed by atoms with Crippen molar-refractivity contribution >= 4 is 40.2 Å². The number of nitrogens with zero attached hydrogens (tertiary/aromatic N) is 4. The van der Waals surface area contributed by atoms with Gasteiger partial charge in [-0.3, -0.25) is 9.59 Å². The van der Waals surface area contributed by atoms with Crippen molar-refractivity contribution in [1.82, 2.24) is 24.7 Å². The van der Waals surface area contributed by atoms with E-state index in [2.05, 4.69) is 20.2 Å². The van der Waals surface area contributed by atoms with Crippen LogP contribution in [0.3, 0.4) is 0 Å². The number of benzene rings is 1. The van der Waals surface area contributed by atoms with Gasteiger partial charge in [0.25, 0.3) is 5.56 Å². The fourth-order valence-electron chi connectivity index (χ4n) is 3.38. The van der Waals surface area contributed by atoms with Gasteiger partial charge in [0, 0.05) is 24.5 Å². The molecular formula is C19H21ClN6O3S. The lowest BCUT2D eigenvalue weighted by Gasteiger charge is -2.14. The Labute approximate surface area is 181 Å². The van der Waals surface area contributed by atoms with Crippen molar-refractivity contribution in [2.75, 3.05) is 6.61 Å². The second kappa shape index (κ2) is 9.15. The van der Waals surface area contributed by atoms with E-state index in [9.17, 15) is 9.59 Å². The van der Waals surface area contributed by atoms with Gasteiger partial charge in [-0.1, -0.05) is 23.4 Å². The van der Waals surface area contributed by atoms with Crippen molar-refractivity contribution < 1.29 is 9.53 Å². The third kappa shape index (κ3) is 4.82. The SMILES string of the molecule is NC(=O)CCc1nnc(SCc2nc3cc(Cl)ccc3c(=O)[nH]2)n1C[C@@H]1CCCO1. The lowest BCUT2D eigenvalue weighted by Crippen LogP contribution is -2.19. The van der Waals surface area contributed by atoms with Gasteiger partial charge in [0.2, 0.25) is 5.91 Å². The number of halogens is 1. The number of amides is 1. The Bertz CT molecular complexity index is 1130. The molecule has 0 saturated carbocycles. The predicted octanol–water partition coefficient (Wildman–Crippen LogP) is 2.06. The number of H-pyrrole nitrogens is 1. The van der Waals surface area contributed by atoms with E-state index in [4.69, 9.17) is 22.1 Å². The van der Waals surface area contributed by atoms with Gasteiger partial charge in [-0.25, -0.2) is 4.98 Å². The normalized spacial score (nSPS) is 16.4. The van der Waals surface area contributed by atoms with Crippen molar-refractivity contribution in [2.45, 2.75) is 49.2 Å². The number of carbonyl (C=O) groups excluding carboxylic acids is 1. The third-order valence-corrected chi connectivity index (χ3v) is 6.07. The lowest BCUT2D eigenvalue weighted by molar-refractivity contribution is -0.118. The summed E-state index contributed by atoms with van der Waals surface area (Å²) in [5.74, 6) is 1.23. The lowest BCUT2D eigenvalue weighted by atomic mass is 10.2. The Kier molecular flexibility index (Phi) is 6.35. The number of aryl methyl sites for hydroxylation is 1. The largest absolute Gasteiger partial charge is 0.376 e. The minimum atomic E-state index is -0.382. The van der Waals surface area contributed by atoms with Gasteiger partial charge in [-0.05, 0) is 31.0 Å². The fraction of sp³-hybridized carbons (Fsp3) is 0.421. The first kappa shape index (κ1) is 20.8. The molecule has 158 valence electrons. The molecule has 1 aliphatic rings. The zero-order valence-electron chi connectivity index (χ0n) is 16.1. The van der Waals surface area contributed by atoms with Crippen molar-refractivity contribution in [1.29, 1.82) is 0 Å². The highest BCUT2D eigenvalue weighted by Gasteiger charge is 2.21. The van der Waals surface area contributed by atoms with E-state index in [1.165, 1.54) is 11.8 Å². The summed E-state index contributed by atoms with van der Waals surface area (Å²) >= 11 is 7.44. The van der Waals surface area contributed by atoms with Gasteiger partial charge in [0.15, 0.2) is 5.16 Å². The van der Waals surface area contributed by atoms with Crippen LogP contribution in [0.15, 0.2) is 28.2 Å². The van der Waals surface area contributed by atoms with E-state index in [1.807, 2.05) is 4.57 Å². The van der Waals surface area contributed by atoms with Crippen molar-refractivity contribution in [2.24, 2.45) is 5.73 Å². The molecule has 3 heterocycles. The van der Waals surface area contributed by atoms with Crippen LogP contribution in [0.5, 0.6) is 0 Å². The average molecular weight is 449 g/mol. The van der Waals surface area contributed by atoms with Gasteiger partial charge in [-0.15, -0.1) is 10.2 Å². The van der Waals surface area contributed by atoms with Crippen LogP contribution < -0.4 is 11.3 Å². The molecule has 0 spiro atoms. The minimum Gasteiger partial charge on any atom is -0.376 e. The number of nitrogens with one attached hydrogen (secondary N) is 1. The van der Waals surface area contributed by atoms with Gasteiger partial charge in [0.05, 0.1) is 29.3 Å². The van der Waals surface area contributed by atoms with E-state index in [0.717, 1.165) is 19.4 Å². The van der Waals surface area contributed by atoms with Crippen LogP contribution >= 0.6 is 23.4 Å². The molecule has 0 bridgehead atoms. The highest BCUT2D eigenvalue weighted by atomic mass is 35.5. The van der Waals surface area contributed by atoms with Gasteiger partial charge >= 0.3 is 0 Å². The summed E-state index contributed by atoms with van der Waals surface area (Å²) in [6.45, 7) is 1.36. The van der Waals surface area contributed by atoms with Crippen LogP contribution in [0.4, 0.5) is 0 Å². The van der Waals surface area contributed by atoms with E-state index in [1.54, 1.807) is 18.2 Å². The van der Waals surface area contributed by atoms with Crippen LogP contribution in [0, 0.1) is 0 Å². The molecule has 30 heavy (non-hydrogen) atoms. The molecular weight excluding hydrogens is 428 g/mol. The highest BCUT2D eigenvalue weighted by molar-refractivity contribution is 7.98. The molecule has 4 rings (SSSR count). The molecule has 9 nitrogen and oxygen atoms in total. The van der Waals surface area contributed by atoms with E-state index in [-0.39, 0.29) is 24.0 Å². The molecule has 0 aliphatic carbocycles. The summed E-state index contributed by atoms with van der Waals surface area (Å²) in [5, 5.41) is 10.2. The standard InChI is InChI=1S/C19H21ClN6O3S/c20-11-3-4-13-14(8-11)22-16(23-18(13)28)10-30-19-25-24-17(6-5-15(21)27)26(19)9-12-2-1-7-29-12/h3-4,8,12H,1-2,5-7,9-10H2,(H2,21,27)(H,22,23,28)/t12-/m0/s1. The van der Waals surface area contributed by atoms with Crippen LogP contribution in [0.2, 0.25) is 5.02 Å². The predicted molar refractivity (Wildman–Crippen MR) is 113 cm³/mol. The number of fused-ring (bicyclic) bond motifs is 1. The number of ether oxygens (including phenoxy) is 1. The third-order valence-electron chi connectivity index (χ3n) is 4.85. The van der Waals surface area contributed by atoms with Gasteiger partial charge in [-0.2, -0.15) is 0 Å². The second-order valence-electron chi connectivity index (χ2n) is 7.07. The second-order valence-corrected chi connectivity index (χ2v) is 8.45. The first-order chi connectivity index (χ1) is 14.5. The fourth-order valence-corrected chi connectivity index (χ4v) is 4.39. The number of hydrogen-bond donors (Lipinski definition) is 2. The smallest absolute Gasteiger partial charge is 0.258 e. The van der Waals surface area contributed by atoms with E-state index < -0.39 is 0 Å². The zero-order valence-corrected chi connectivity index (χ0v) is 17.7. The number of hydrogen-bond acceptors (Lipinski definition) is 7. The van der Waals surface area contributed by atoms with Gasteiger partial charge in [0.1, 0.15) is 11.6 Å². The molecule has 1 saturated heterocycles. The van der Waals surface area contributed by atoms with Crippen molar-refractivity contribution in [3.63, 3.8) is 0 Å². The summed E-state index contributed by atoms with van der Waals surface area (Å²) in [6.07, 6.45) is 2.70. The Hall–Kier alpha value is -2.43. The maximum Gasteiger partial charge on any atom is 0.258 e. The van der Waals surface area contributed by atoms with Crippen LogP contribution in [-0.2, 0) is 28.2 Å². The molecule has 3 aromatic rings. The molecule has 1 amide bonds. The summed E-state index contributed by atoms with van der Waals surface area (Å²) in [6, 6.07) is 4.99. The number of primary amides is 1. The zero-order chi connectivity index (χ0) is 21.1. The average Bonchev–Trinajstić information content (AvgIpc) is 3.35. The Balaban J connectivity index is 1.55. The molecule has 1 atom stereocenters. The van der Waals surface area contributed by atoms with Crippen LogP contribution in [0.25, 0.3) is 10.9 Å². The maximum atomic E-state index is 12.3. The van der Waals surface area contributed by atoms with Crippen molar-refractivity contribution in [3.05, 3.63) is 45.2 Å².